The van der Waals surface area contributed by atoms with Crippen LogP contribution in [-0.4, -0.2) is 28.8 Å². The summed E-state index contributed by atoms with van der Waals surface area (Å²) in [6.45, 7) is 5.41. The summed E-state index contributed by atoms with van der Waals surface area (Å²) >= 11 is 1.57. The summed E-state index contributed by atoms with van der Waals surface area (Å²) in [4.78, 5) is 32.1. The van der Waals surface area contributed by atoms with E-state index in [1.807, 2.05) is 48.7 Å². The largest absolute Gasteiger partial charge is 0.479 e. The number of aryl methyl sites for hydroxylation is 1. The van der Waals surface area contributed by atoms with Gasteiger partial charge in [-0.2, -0.15) is 0 Å². The van der Waals surface area contributed by atoms with Gasteiger partial charge in [0.1, 0.15) is 5.75 Å². The number of anilines is 1. The fourth-order valence-electron chi connectivity index (χ4n) is 3.38. The Balaban J connectivity index is 1.77. The smallest absolute Gasteiger partial charge is 0.268 e. The van der Waals surface area contributed by atoms with Gasteiger partial charge < -0.3 is 4.74 Å². The van der Waals surface area contributed by atoms with Crippen molar-refractivity contribution < 1.29 is 14.3 Å². The van der Waals surface area contributed by atoms with E-state index < -0.39 is 12.1 Å². The number of aromatic nitrogens is 1. The summed E-state index contributed by atoms with van der Waals surface area (Å²) < 4.78 is 5.79. The number of ether oxygens (including phenoxy) is 1. The van der Waals surface area contributed by atoms with Gasteiger partial charge in [0, 0.05) is 16.5 Å². The Morgan fingerprint density at radius 2 is 1.96 bits per heavy atom. The SMILES string of the molecule is Cc1nc(-c2ccc3c(c2)N(C(C)C(=O)c2ccccc2)C(=O)C(C)O3)cs1. The van der Waals surface area contributed by atoms with Crippen LogP contribution in [0.1, 0.15) is 29.2 Å². The van der Waals surface area contributed by atoms with E-state index in [0.717, 1.165) is 16.3 Å². The number of Topliss-reactive ketones (excluding diaryl/α,β-unsaturated/α-hetero) is 1. The van der Waals surface area contributed by atoms with E-state index in [0.29, 0.717) is 17.0 Å². The van der Waals surface area contributed by atoms with Crippen molar-refractivity contribution in [2.45, 2.75) is 32.9 Å². The third-order valence-corrected chi connectivity index (χ3v) is 5.62. The van der Waals surface area contributed by atoms with E-state index in [4.69, 9.17) is 4.74 Å². The van der Waals surface area contributed by atoms with Crippen molar-refractivity contribution in [1.29, 1.82) is 0 Å². The molecule has 1 amide bonds. The zero-order valence-corrected chi connectivity index (χ0v) is 16.7. The molecule has 1 aliphatic heterocycles. The molecule has 2 heterocycles. The zero-order chi connectivity index (χ0) is 19.8. The number of carbonyl (C=O) groups excluding carboxylic acids is 2. The van der Waals surface area contributed by atoms with Crippen molar-refractivity contribution >= 4 is 28.7 Å². The van der Waals surface area contributed by atoms with Crippen LogP contribution < -0.4 is 9.64 Å². The fourth-order valence-corrected chi connectivity index (χ4v) is 4.00. The highest BCUT2D eigenvalue weighted by atomic mass is 32.1. The first-order chi connectivity index (χ1) is 13.5. The van der Waals surface area contributed by atoms with Gasteiger partial charge in [-0.15, -0.1) is 11.3 Å². The molecular formula is C22H20N2O3S. The van der Waals surface area contributed by atoms with Crippen molar-refractivity contribution in [3.8, 4) is 17.0 Å². The number of amides is 1. The summed E-state index contributed by atoms with van der Waals surface area (Å²) in [6.07, 6.45) is -0.647. The number of ketones is 1. The minimum Gasteiger partial charge on any atom is -0.479 e. The molecule has 1 aromatic heterocycles. The average Bonchev–Trinajstić information content (AvgIpc) is 3.14. The van der Waals surface area contributed by atoms with Crippen LogP contribution >= 0.6 is 11.3 Å². The lowest BCUT2D eigenvalue weighted by Gasteiger charge is -2.36. The third kappa shape index (κ3) is 3.20. The van der Waals surface area contributed by atoms with Crippen molar-refractivity contribution in [3.05, 3.63) is 64.5 Å². The highest BCUT2D eigenvalue weighted by Crippen LogP contribution is 2.39. The number of carbonyl (C=O) groups is 2. The van der Waals surface area contributed by atoms with Crippen molar-refractivity contribution in [2.24, 2.45) is 0 Å². The van der Waals surface area contributed by atoms with Crippen LogP contribution in [0.15, 0.2) is 53.9 Å². The minimum absolute atomic E-state index is 0.107. The Morgan fingerprint density at radius 1 is 1.21 bits per heavy atom. The van der Waals surface area contributed by atoms with Crippen LogP contribution in [0.3, 0.4) is 0 Å². The highest BCUT2D eigenvalue weighted by Gasteiger charge is 2.37. The molecule has 0 saturated heterocycles. The van der Waals surface area contributed by atoms with Crippen LogP contribution in [0, 0.1) is 6.92 Å². The molecular weight excluding hydrogens is 372 g/mol. The molecule has 5 nitrogen and oxygen atoms in total. The van der Waals surface area contributed by atoms with Crippen LogP contribution in [-0.2, 0) is 4.79 Å². The number of thiazole rings is 1. The molecule has 0 aliphatic carbocycles. The topological polar surface area (TPSA) is 59.5 Å². The first-order valence-electron chi connectivity index (χ1n) is 9.11. The lowest BCUT2D eigenvalue weighted by molar-refractivity contribution is -0.125. The van der Waals surface area contributed by atoms with Gasteiger partial charge in [0.2, 0.25) is 0 Å². The molecule has 0 fully saturated rings. The predicted molar refractivity (Wildman–Crippen MR) is 110 cm³/mol. The van der Waals surface area contributed by atoms with Crippen molar-refractivity contribution in [2.75, 3.05) is 4.90 Å². The summed E-state index contributed by atoms with van der Waals surface area (Å²) in [5.74, 6) is 0.260. The van der Waals surface area contributed by atoms with Crippen LogP contribution in [0.25, 0.3) is 11.3 Å². The number of benzene rings is 2. The van der Waals surface area contributed by atoms with Gasteiger partial charge in [-0.05, 0) is 39.0 Å². The summed E-state index contributed by atoms with van der Waals surface area (Å²) in [6, 6.07) is 14.0. The molecule has 0 saturated carbocycles. The standard InChI is InChI=1S/C22H20N2O3S/c1-13(21(25)16-7-5-4-6-8-16)24-19-11-17(18-12-28-15(3)23-18)9-10-20(19)27-14(2)22(24)26/h4-14H,1-3H3. The second kappa shape index (κ2) is 7.20. The molecule has 0 spiro atoms. The Morgan fingerprint density at radius 3 is 2.64 bits per heavy atom. The molecule has 0 bridgehead atoms. The molecule has 1 aliphatic rings. The predicted octanol–water partition coefficient (Wildman–Crippen LogP) is 4.50. The Hall–Kier alpha value is -2.99. The van der Waals surface area contributed by atoms with E-state index in [9.17, 15) is 9.59 Å². The normalized spacial score (nSPS) is 17.0. The van der Waals surface area contributed by atoms with E-state index in [1.165, 1.54) is 0 Å². The molecule has 2 aromatic carbocycles. The van der Waals surface area contributed by atoms with E-state index in [-0.39, 0.29) is 11.7 Å². The first kappa shape index (κ1) is 18.4. The van der Waals surface area contributed by atoms with Gasteiger partial charge in [0.05, 0.1) is 22.4 Å². The highest BCUT2D eigenvalue weighted by molar-refractivity contribution is 7.09. The Kier molecular flexibility index (Phi) is 4.73. The van der Waals surface area contributed by atoms with Gasteiger partial charge >= 0.3 is 0 Å². The van der Waals surface area contributed by atoms with Gasteiger partial charge in [0.25, 0.3) is 5.91 Å². The summed E-state index contributed by atoms with van der Waals surface area (Å²) in [5.41, 5.74) is 2.91. The van der Waals surface area contributed by atoms with Crippen LogP contribution in [0.2, 0.25) is 0 Å². The Bertz CT molecular complexity index is 1040. The Labute approximate surface area is 167 Å². The first-order valence-corrected chi connectivity index (χ1v) is 9.99. The second-order valence-corrected chi connectivity index (χ2v) is 7.87. The third-order valence-electron chi connectivity index (χ3n) is 4.85. The molecule has 3 aromatic rings. The maximum absolute atomic E-state index is 13.0. The van der Waals surface area contributed by atoms with Gasteiger partial charge in [-0.3, -0.25) is 14.5 Å². The molecule has 4 rings (SSSR count). The van der Waals surface area contributed by atoms with Crippen LogP contribution in [0.5, 0.6) is 5.75 Å². The monoisotopic (exact) mass is 392 g/mol. The minimum atomic E-state index is -0.647. The van der Waals surface area contributed by atoms with Gasteiger partial charge in [0.15, 0.2) is 11.9 Å². The van der Waals surface area contributed by atoms with Crippen molar-refractivity contribution in [1.82, 2.24) is 4.98 Å². The molecule has 142 valence electrons. The summed E-state index contributed by atoms with van der Waals surface area (Å²) in [5, 5.41) is 2.95. The van der Waals surface area contributed by atoms with Gasteiger partial charge in [-0.25, -0.2) is 4.98 Å². The molecule has 28 heavy (non-hydrogen) atoms. The van der Waals surface area contributed by atoms with Crippen LogP contribution in [0.4, 0.5) is 5.69 Å². The molecule has 6 heteroatoms. The zero-order valence-electron chi connectivity index (χ0n) is 15.9. The maximum Gasteiger partial charge on any atom is 0.268 e. The lowest BCUT2D eigenvalue weighted by Crippen LogP contribution is -2.51. The van der Waals surface area contributed by atoms with E-state index in [2.05, 4.69) is 4.98 Å². The molecule has 0 N–H and O–H groups in total. The van der Waals surface area contributed by atoms with E-state index >= 15 is 0 Å². The molecule has 2 atom stereocenters. The quantitative estimate of drug-likeness (QED) is 0.613. The number of fused-ring (bicyclic) bond motifs is 1. The fraction of sp³-hybridized carbons (Fsp3) is 0.227. The summed E-state index contributed by atoms with van der Waals surface area (Å²) in [7, 11) is 0. The van der Waals surface area contributed by atoms with Gasteiger partial charge in [-0.1, -0.05) is 30.3 Å². The second-order valence-electron chi connectivity index (χ2n) is 6.81. The maximum atomic E-state index is 13.0. The number of hydrogen-bond acceptors (Lipinski definition) is 5. The molecule has 0 radical (unpaired) electrons. The van der Waals surface area contributed by atoms with Crippen molar-refractivity contribution in [3.63, 3.8) is 0 Å². The number of nitrogens with zero attached hydrogens (tertiary/aromatic N) is 2. The average molecular weight is 392 g/mol. The number of hydrogen-bond donors (Lipinski definition) is 0. The lowest BCUT2D eigenvalue weighted by atomic mass is 10.0. The van der Waals surface area contributed by atoms with E-state index in [1.54, 1.807) is 42.2 Å². The molecule has 2 unspecified atom stereocenters. The number of rotatable bonds is 4.